The first-order chi connectivity index (χ1) is 13.6. The second-order valence-corrected chi connectivity index (χ2v) is 6.34. The molecule has 0 aliphatic rings. The minimum Gasteiger partial charge on any atom is -0.484 e. The van der Waals surface area contributed by atoms with E-state index in [0.717, 1.165) is 10.9 Å². The van der Waals surface area contributed by atoms with Crippen molar-refractivity contribution >= 4 is 16.7 Å². The van der Waals surface area contributed by atoms with Gasteiger partial charge in [-0.25, -0.2) is 4.68 Å². The van der Waals surface area contributed by atoms with Crippen LogP contribution in [0.15, 0.2) is 53.3 Å². The Morgan fingerprint density at radius 3 is 2.57 bits per heavy atom. The van der Waals surface area contributed by atoms with Crippen LogP contribution in [0.5, 0.6) is 5.75 Å². The van der Waals surface area contributed by atoms with Crippen LogP contribution in [0.25, 0.3) is 10.8 Å². The van der Waals surface area contributed by atoms with Gasteiger partial charge in [0.2, 0.25) is 0 Å². The van der Waals surface area contributed by atoms with Crippen LogP contribution in [-0.4, -0.2) is 36.0 Å². The van der Waals surface area contributed by atoms with Crippen molar-refractivity contribution in [3.8, 4) is 5.75 Å². The molecule has 3 rings (SSSR count). The van der Waals surface area contributed by atoms with E-state index in [2.05, 4.69) is 10.4 Å². The maximum Gasteiger partial charge on any atom is 0.274 e. The number of fused-ring (bicyclic) bond motifs is 1. The van der Waals surface area contributed by atoms with Gasteiger partial charge in [0, 0.05) is 12.5 Å². The van der Waals surface area contributed by atoms with E-state index >= 15 is 0 Å². The van der Waals surface area contributed by atoms with Crippen LogP contribution in [0, 0.1) is 6.92 Å². The Hall–Kier alpha value is -3.19. The second-order valence-electron chi connectivity index (χ2n) is 6.34. The smallest absolute Gasteiger partial charge is 0.274 e. The number of nitrogens with one attached hydrogen (secondary N) is 1. The standard InChI is InChI=1S/C21H23N3O4/c1-15-7-3-6-10-19(15)28-14-20(25)22-13-18-16-8-4-5-9-17(16)21(26)24(23-18)11-12-27-2/h3-10H,11-14H2,1-2H3,(H,22,25). The van der Waals surface area contributed by atoms with Crippen LogP contribution in [0.4, 0.5) is 0 Å². The Labute approximate surface area is 162 Å². The molecule has 146 valence electrons. The molecule has 0 bridgehead atoms. The number of para-hydroxylation sites is 1. The number of hydrogen-bond donors (Lipinski definition) is 1. The third-order valence-corrected chi connectivity index (χ3v) is 4.36. The number of benzene rings is 2. The van der Waals surface area contributed by atoms with Gasteiger partial charge in [0.05, 0.1) is 30.8 Å². The van der Waals surface area contributed by atoms with Gasteiger partial charge in [-0.05, 0) is 24.6 Å². The second kappa shape index (κ2) is 9.14. The summed E-state index contributed by atoms with van der Waals surface area (Å²) in [6, 6.07) is 14.8. The molecule has 0 saturated heterocycles. The fourth-order valence-electron chi connectivity index (χ4n) is 2.86. The van der Waals surface area contributed by atoms with Crippen molar-refractivity contribution in [2.45, 2.75) is 20.0 Å². The summed E-state index contributed by atoms with van der Waals surface area (Å²) in [7, 11) is 1.57. The van der Waals surface area contributed by atoms with E-state index in [1.807, 2.05) is 49.4 Å². The van der Waals surface area contributed by atoms with Crippen LogP contribution >= 0.6 is 0 Å². The van der Waals surface area contributed by atoms with Crippen molar-refractivity contribution in [3.05, 3.63) is 70.1 Å². The molecule has 1 aromatic heterocycles. The molecule has 7 heteroatoms. The van der Waals surface area contributed by atoms with E-state index in [-0.39, 0.29) is 24.6 Å². The highest BCUT2D eigenvalue weighted by Gasteiger charge is 2.12. The summed E-state index contributed by atoms with van der Waals surface area (Å²) in [5, 5.41) is 8.51. The molecular formula is C21H23N3O4. The van der Waals surface area contributed by atoms with Gasteiger partial charge in [-0.2, -0.15) is 5.10 Å². The lowest BCUT2D eigenvalue weighted by Gasteiger charge is -2.12. The fraction of sp³-hybridized carbons (Fsp3) is 0.286. The van der Waals surface area contributed by atoms with E-state index < -0.39 is 0 Å². The van der Waals surface area contributed by atoms with Gasteiger partial charge in [0.1, 0.15) is 5.75 Å². The fourth-order valence-corrected chi connectivity index (χ4v) is 2.86. The molecule has 0 spiro atoms. The number of methoxy groups -OCH3 is 1. The minimum atomic E-state index is -0.260. The summed E-state index contributed by atoms with van der Waals surface area (Å²) in [5.74, 6) is 0.415. The predicted molar refractivity (Wildman–Crippen MR) is 106 cm³/mol. The van der Waals surface area contributed by atoms with E-state index in [1.54, 1.807) is 13.2 Å². The van der Waals surface area contributed by atoms with E-state index in [4.69, 9.17) is 9.47 Å². The molecule has 0 fully saturated rings. The van der Waals surface area contributed by atoms with Crippen LogP contribution in [-0.2, 0) is 22.6 Å². The number of rotatable bonds is 8. The van der Waals surface area contributed by atoms with Crippen molar-refractivity contribution in [3.63, 3.8) is 0 Å². The van der Waals surface area contributed by atoms with E-state index in [1.165, 1.54) is 4.68 Å². The van der Waals surface area contributed by atoms with E-state index in [9.17, 15) is 9.59 Å². The van der Waals surface area contributed by atoms with Crippen LogP contribution < -0.4 is 15.6 Å². The van der Waals surface area contributed by atoms with Gasteiger partial charge in [0.15, 0.2) is 6.61 Å². The van der Waals surface area contributed by atoms with Crippen LogP contribution in [0.2, 0.25) is 0 Å². The quantitative estimate of drug-likeness (QED) is 0.646. The molecule has 7 nitrogen and oxygen atoms in total. The van der Waals surface area contributed by atoms with Crippen molar-refractivity contribution < 1.29 is 14.3 Å². The summed E-state index contributed by atoms with van der Waals surface area (Å²) in [6.45, 7) is 2.75. The van der Waals surface area contributed by atoms with Crippen molar-refractivity contribution in [1.82, 2.24) is 15.1 Å². The average molecular weight is 381 g/mol. The SMILES string of the molecule is COCCn1nc(CNC(=O)COc2ccccc2C)c2ccccc2c1=O. The highest BCUT2D eigenvalue weighted by molar-refractivity contribution is 5.84. The zero-order valence-corrected chi connectivity index (χ0v) is 16.0. The minimum absolute atomic E-state index is 0.0912. The lowest BCUT2D eigenvalue weighted by Crippen LogP contribution is -2.31. The largest absolute Gasteiger partial charge is 0.484 e. The Kier molecular flexibility index (Phi) is 6.39. The topological polar surface area (TPSA) is 82.4 Å². The van der Waals surface area contributed by atoms with Crippen LogP contribution in [0.3, 0.4) is 0 Å². The number of ether oxygens (including phenoxy) is 2. The summed E-state index contributed by atoms with van der Waals surface area (Å²) in [4.78, 5) is 24.8. The van der Waals surface area contributed by atoms with Gasteiger partial charge >= 0.3 is 0 Å². The monoisotopic (exact) mass is 381 g/mol. The first kappa shape index (κ1) is 19.6. The molecule has 2 aromatic carbocycles. The predicted octanol–water partition coefficient (Wildman–Crippen LogP) is 2.05. The van der Waals surface area contributed by atoms with Crippen molar-refractivity contribution in [2.75, 3.05) is 20.3 Å². The number of hydrogen-bond acceptors (Lipinski definition) is 5. The summed E-state index contributed by atoms with van der Waals surface area (Å²) in [6.07, 6.45) is 0. The number of nitrogens with zero attached hydrogens (tertiary/aromatic N) is 2. The molecule has 0 unspecified atom stereocenters. The third kappa shape index (κ3) is 4.55. The normalized spacial score (nSPS) is 10.8. The Bertz CT molecular complexity index is 1030. The lowest BCUT2D eigenvalue weighted by molar-refractivity contribution is -0.123. The van der Waals surface area contributed by atoms with Gasteiger partial charge < -0.3 is 14.8 Å². The first-order valence-electron chi connectivity index (χ1n) is 9.03. The van der Waals surface area contributed by atoms with Crippen molar-refractivity contribution in [2.24, 2.45) is 0 Å². The molecule has 3 aromatic rings. The maximum absolute atomic E-state index is 12.6. The summed E-state index contributed by atoms with van der Waals surface area (Å²) >= 11 is 0. The number of carbonyl (C=O) groups is 1. The molecule has 0 radical (unpaired) electrons. The Balaban J connectivity index is 1.72. The Morgan fingerprint density at radius 1 is 1.11 bits per heavy atom. The number of aryl methyl sites for hydroxylation is 1. The summed E-state index contributed by atoms with van der Waals surface area (Å²) < 4.78 is 12.0. The molecule has 28 heavy (non-hydrogen) atoms. The molecule has 0 aliphatic heterocycles. The average Bonchev–Trinajstić information content (AvgIpc) is 2.72. The highest BCUT2D eigenvalue weighted by atomic mass is 16.5. The molecule has 0 saturated carbocycles. The molecule has 0 atom stereocenters. The molecule has 1 heterocycles. The lowest BCUT2D eigenvalue weighted by atomic mass is 10.1. The van der Waals surface area contributed by atoms with Gasteiger partial charge in [-0.1, -0.05) is 36.4 Å². The molecule has 1 N–H and O–H groups in total. The zero-order valence-electron chi connectivity index (χ0n) is 16.0. The number of amides is 1. The number of aromatic nitrogens is 2. The van der Waals surface area contributed by atoms with Crippen LogP contribution in [0.1, 0.15) is 11.3 Å². The van der Waals surface area contributed by atoms with E-state index in [0.29, 0.717) is 30.0 Å². The van der Waals surface area contributed by atoms with Gasteiger partial charge in [0.25, 0.3) is 11.5 Å². The van der Waals surface area contributed by atoms with Gasteiger partial charge in [-0.3, -0.25) is 9.59 Å². The van der Waals surface area contributed by atoms with Crippen molar-refractivity contribution in [1.29, 1.82) is 0 Å². The first-order valence-corrected chi connectivity index (χ1v) is 9.03. The molecule has 1 amide bonds. The highest BCUT2D eigenvalue weighted by Crippen LogP contribution is 2.16. The van der Waals surface area contributed by atoms with Gasteiger partial charge in [-0.15, -0.1) is 0 Å². The third-order valence-electron chi connectivity index (χ3n) is 4.36. The molecule has 0 aliphatic carbocycles. The summed E-state index contributed by atoms with van der Waals surface area (Å²) in [5.41, 5.74) is 1.41. The maximum atomic E-state index is 12.6. The Morgan fingerprint density at radius 2 is 1.82 bits per heavy atom. The zero-order chi connectivity index (χ0) is 19.9. The molecular weight excluding hydrogens is 358 g/mol. The number of carbonyl (C=O) groups excluding carboxylic acids is 1.